The van der Waals surface area contributed by atoms with E-state index in [1.807, 2.05) is 0 Å². The Labute approximate surface area is 152 Å². The van der Waals surface area contributed by atoms with Crippen molar-refractivity contribution in [3.63, 3.8) is 0 Å². The van der Waals surface area contributed by atoms with Crippen molar-refractivity contribution in [1.82, 2.24) is 9.88 Å². The van der Waals surface area contributed by atoms with Crippen LogP contribution < -0.4 is 4.90 Å². The fourth-order valence-electron chi connectivity index (χ4n) is 3.59. The smallest absolute Gasteiger partial charge is 0.357 e. The number of nitrogens with zero attached hydrogens (tertiary/aromatic N) is 3. The second-order valence-corrected chi connectivity index (χ2v) is 7.43. The van der Waals surface area contributed by atoms with Crippen molar-refractivity contribution in [3.8, 4) is 0 Å². The summed E-state index contributed by atoms with van der Waals surface area (Å²) in [5.41, 5.74) is 0.223. The SMILES string of the molecule is C[C@H](C1CC1)N(CC(F)(F)F)C(=O)c1ccc(N2CCCCCC2)nc1. The van der Waals surface area contributed by atoms with Crippen LogP contribution in [0.5, 0.6) is 0 Å². The number of amides is 1. The van der Waals surface area contributed by atoms with E-state index in [0.29, 0.717) is 0 Å². The summed E-state index contributed by atoms with van der Waals surface area (Å²) in [5, 5.41) is 0. The van der Waals surface area contributed by atoms with Crippen molar-refractivity contribution >= 4 is 11.7 Å². The van der Waals surface area contributed by atoms with Crippen LogP contribution in [-0.4, -0.2) is 47.6 Å². The first-order valence-electron chi connectivity index (χ1n) is 9.44. The van der Waals surface area contributed by atoms with E-state index in [9.17, 15) is 18.0 Å². The van der Waals surface area contributed by atoms with Gasteiger partial charge >= 0.3 is 6.18 Å². The highest BCUT2D eigenvalue weighted by Crippen LogP contribution is 2.36. The quantitative estimate of drug-likeness (QED) is 0.778. The first-order valence-corrected chi connectivity index (χ1v) is 9.44. The molecule has 3 rings (SSSR count). The van der Waals surface area contributed by atoms with Crippen LogP contribution >= 0.6 is 0 Å². The number of hydrogen-bond acceptors (Lipinski definition) is 3. The molecule has 0 radical (unpaired) electrons. The summed E-state index contributed by atoms with van der Waals surface area (Å²) < 4.78 is 38.9. The molecular weight excluding hydrogens is 343 g/mol. The molecule has 0 spiro atoms. The van der Waals surface area contributed by atoms with Gasteiger partial charge in [0.2, 0.25) is 0 Å². The third-order valence-electron chi connectivity index (χ3n) is 5.33. The zero-order valence-electron chi connectivity index (χ0n) is 15.1. The molecular formula is C19H26F3N3O. The molecule has 1 saturated heterocycles. The van der Waals surface area contributed by atoms with E-state index in [2.05, 4.69) is 9.88 Å². The second-order valence-electron chi connectivity index (χ2n) is 7.43. The largest absolute Gasteiger partial charge is 0.406 e. The number of aromatic nitrogens is 1. The minimum absolute atomic E-state index is 0.172. The van der Waals surface area contributed by atoms with E-state index in [4.69, 9.17) is 0 Å². The average molecular weight is 369 g/mol. The molecule has 26 heavy (non-hydrogen) atoms. The van der Waals surface area contributed by atoms with E-state index < -0.39 is 24.7 Å². The van der Waals surface area contributed by atoms with Crippen molar-refractivity contribution < 1.29 is 18.0 Å². The summed E-state index contributed by atoms with van der Waals surface area (Å²) in [7, 11) is 0. The predicted molar refractivity (Wildman–Crippen MR) is 94.2 cm³/mol. The van der Waals surface area contributed by atoms with Crippen LogP contribution in [0.1, 0.15) is 55.8 Å². The van der Waals surface area contributed by atoms with Gasteiger partial charge in [0.05, 0.1) is 5.56 Å². The van der Waals surface area contributed by atoms with E-state index in [1.54, 1.807) is 19.1 Å². The van der Waals surface area contributed by atoms with Gasteiger partial charge in [-0.15, -0.1) is 0 Å². The summed E-state index contributed by atoms with van der Waals surface area (Å²) in [6.07, 6.45) is 3.42. The van der Waals surface area contributed by atoms with Crippen LogP contribution in [0.4, 0.5) is 19.0 Å². The number of hydrogen-bond donors (Lipinski definition) is 0. The van der Waals surface area contributed by atoms with Crippen LogP contribution in [0, 0.1) is 5.92 Å². The monoisotopic (exact) mass is 369 g/mol. The van der Waals surface area contributed by atoms with Gasteiger partial charge in [0, 0.05) is 25.3 Å². The fourth-order valence-corrected chi connectivity index (χ4v) is 3.59. The molecule has 0 unspecified atom stereocenters. The zero-order valence-corrected chi connectivity index (χ0v) is 15.1. The van der Waals surface area contributed by atoms with E-state index in [-0.39, 0.29) is 11.5 Å². The molecule has 144 valence electrons. The van der Waals surface area contributed by atoms with Crippen molar-refractivity contribution in [1.29, 1.82) is 0 Å². The van der Waals surface area contributed by atoms with Crippen molar-refractivity contribution in [3.05, 3.63) is 23.9 Å². The van der Waals surface area contributed by atoms with Crippen LogP contribution in [0.15, 0.2) is 18.3 Å². The van der Waals surface area contributed by atoms with Crippen molar-refractivity contribution in [2.24, 2.45) is 5.92 Å². The summed E-state index contributed by atoms with van der Waals surface area (Å²) in [6, 6.07) is 2.96. The first kappa shape index (κ1) is 19.0. The van der Waals surface area contributed by atoms with Crippen LogP contribution in [0.25, 0.3) is 0 Å². The maximum atomic E-state index is 13.0. The maximum absolute atomic E-state index is 13.0. The molecule has 2 fully saturated rings. The predicted octanol–water partition coefficient (Wildman–Crippen LogP) is 4.27. The number of pyridine rings is 1. The van der Waals surface area contributed by atoms with Crippen molar-refractivity contribution in [2.45, 2.75) is 57.7 Å². The standard InChI is InChI=1S/C19H26F3N3O/c1-14(15-6-7-15)25(13-19(20,21)22)18(26)16-8-9-17(23-12-16)24-10-4-2-3-5-11-24/h8-9,12,14-15H,2-7,10-11,13H2,1H3/t14-/m1/s1. The average Bonchev–Trinajstić information content (AvgIpc) is 3.44. The summed E-state index contributed by atoms with van der Waals surface area (Å²) >= 11 is 0. The fraction of sp³-hybridized carbons (Fsp3) is 0.684. The van der Waals surface area contributed by atoms with Gasteiger partial charge < -0.3 is 9.80 Å². The molecule has 4 nitrogen and oxygen atoms in total. The lowest BCUT2D eigenvalue weighted by Crippen LogP contribution is -2.45. The summed E-state index contributed by atoms with van der Waals surface area (Å²) in [6.45, 7) is 2.36. The number of anilines is 1. The highest BCUT2D eigenvalue weighted by Gasteiger charge is 2.40. The van der Waals surface area contributed by atoms with Gasteiger partial charge in [-0.25, -0.2) is 4.98 Å². The Balaban J connectivity index is 1.73. The van der Waals surface area contributed by atoms with Crippen LogP contribution in [-0.2, 0) is 0 Å². The van der Waals surface area contributed by atoms with Crippen LogP contribution in [0.2, 0.25) is 0 Å². The molecule has 1 aliphatic heterocycles. The van der Waals surface area contributed by atoms with Gasteiger partial charge in [0.1, 0.15) is 12.4 Å². The molecule has 0 bridgehead atoms. The minimum Gasteiger partial charge on any atom is -0.357 e. The number of alkyl halides is 3. The molecule has 1 aliphatic carbocycles. The molecule has 2 heterocycles. The number of halogens is 3. The Morgan fingerprint density at radius 3 is 2.38 bits per heavy atom. The molecule has 0 N–H and O–H groups in total. The van der Waals surface area contributed by atoms with E-state index in [0.717, 1.165) is 49.5 Å². The maximum Gasteiger partial charge on any atom is 0.406 e. The highest BCUT2D eigenvalue weighted by atomic mass is 19.4. The number of carbonyl (C=O) groups excluding carboxylic acids is 1. The first-order chi connectivity index (χ1) is 12.3. The van der Waals surface area contributed by atoms with Gasteiger partial charge in [-0.05, 0) is 50.7 Å². The Kier molecular flexibility index (Phi) is 5.73. The Morgan fingerprint density at radius 2 is 1.88 bits per heavy atom. The third-order valence-corrected chi connectivity index (χ3v) is 5.33. The van der Waals surface area contributed by atoms with Gasteiger partial charge in [-0.2, -0.15) is 13.2 Å². The Morgan fingerprint density at radius 1 is 1.23 bits per heavy atom. The van der Waals surface area contributed by atoms with Gasteiger partial charge in [-0.1, -0.05) is 12.8 Å². The lowest BCUT2D eigenvalue weighted by molar-refractivity contribution is -0.144. The van der Waals surface area contributed by atoms with Crippen molar-refractivity contribution in [2.75, 3.05) is 24.5 Å². The third kappa shape index (κ3) is 4.89. The summed E-state index contributed by atoms with van der Waals surface area (Å²) in [5.74, 6) is 0.378. The number of carbonyl (C=O) groups is 1. The lowest BCUT2D eigenvalue weighted by atomic mass is 10.1. The Hall–Kier alpha value is -1.79. The molecule has 7 heteroatoms. The van der Waals surface area contributed by atoms with E-state index in [1.165, 1.54) is 19.0 Å². The minimum atomic E-state index is -4.40. The van der Waals surface area contributed by atoms with Gasteiger partial charge in [-0.3, -0.25) is 4.79 Å². The van der Waals surface area contributed by atoms with Crippen LogP contribution in [0.3, 0.4) is 0 Å². The van der Waals surface area contributed by atoms with E-state index >= 15 is 0 Å². The molecule has 0 aromatic carbocycles. The molecule has 1 aromatic heterocycles. The topological polar surface area (TPSA) is 36.4 Å². The second kappa shape index (κ2) is 7.84. The highest BCUT2D eigenvalue weighted by molar-refractivity contribution is 5.94. The number of rotatable bonds is 5. The summed E-state index contributed by atoms with van der Waals surface area (Å²) in [4.78, 5) is 20.2. The molecule has 1 atom stereocenters. The normalized spacial score (nSPS) is 19.8. The van der Waals surface area contributed by atoms with Gasteiger partial charge in [0.15, 0.2) is 0 Å². The molecule has 1 aromatic rings. The molecule has 2 aliphatic rings. The lowest BCUT2D eigenvalue weighted by Gasteiger charge is -2.30. The molecule has 1 saturated carbocycles. The van der Waals surface area contributed by atoms with Gasteiger partial charge in [0.25, 0.3) is 5.91 Å². The Bertz CT molecular complexity index is 605. The zero-order chi connectivity index (χ0) is 18.7. The molecule has 1 amide bonds.